The Hall–Kier alpha value is -4.32. The number of para-hydroxylation sites is 1. The van der Waals surface area contributed by atoms with E-state index in [9.17, 15) is 19.8 Å². The van der Waals surface area contributed by atoms with Crippen molar-refractivity contribution in [2.45, 2.75) is 6.04 Å². The van der Waals surface area contributed by atoms with Crippen molar-refractivity contribution in [3.8, 4) is 11.5 Å². The van der Waals surface area contributed by atoms with Crippen LogP contribution in [0.25, 0.3) is 6.08 Å². The lowest BCUT2D eigenvalue weighted by molar-refractivity contribution is -0.117. The van der Waals surface area contributed by atoms with Gasteiger partial charge < -0.3 is 14.9 Å². The normalized spacial score (nSPS) is 16.1. The maximum atomic E-state index is 13.2. The first kappa shape index (κ1) is 20.9. The number of phenols is 1. The average molecular weight is 427 g/mol. The van der Waals surface area contributed by atoms with Gasteiger partial charge in [-0.2, -0.15) is 0 Å². The third-order valence-corrected chi connectivity index (χ3v) is 5.25. The van der Waals surface area contributed by atoms with Crippen LogP contribution < -0.4 is 9.64 Å². The molecule has 0 bridgehead atoms. The maximum Gasteiger partial charge on any atom is 0.294 e. The number of methoxy groups -OCH3 is 1. The Morgan fingerprint density at radius 3 is 2.28 bits per heavy atom. The van der Waals surface area contributed by atoms with Gasteiger partial charge in [0, 0.05) is 5.69 Å². The number of carbonyl (C=O) groups is 2. The Kier molecular flexibility index (Phi) is 5.77. The van der Waals surface area contributed by atoms with Gasteiger partial charge in [-0.05, 0) is 41.5 Å². The molecule has 32 heavy (non-hydrogen) atoms. The van der Waals surface area contributed by atoms with Crippen LogP contribution in [0.2, 0.25) is 0 Å². The van der Waals surface area contributed by atoms with Crippen LogP contribution in [0.1, 0.15) is 17.2 Å². The number of aliphatic hydroxyl groups excluding tert-OH is 1. The smallest absolute Gasteiger partial charge is 0.294 e. The molecule has 0 radical (unpaired) electrons. The second-order valence-electron chi connectivity index (χ2n) is 7.22. The molecule has 6 heteroatoms. The van der Waals surface area contributed by atoms with E-state index < -0.39 is 23.5 Å². The molecule has 0 fully saturated rings. The van der Waals surface area contributed by atoms with Crippen LogP contribution in [0.5, 0.6) is 11.5 Å². The SMILES string of the molecule is COc1cc([C@@H]2C(C(=O)/C=C/c3ccccc3)=C(O)C(=O)N2c2ccccc2)ccc1O. The largest absolute Gasteiger partial charge is 0.504 e. The van der Waals surface area contributed by atoms with Crippen LogP contribution in [-0.4, -0.2) is 29.0 Å². The first-order chi connectivity index (χ1) is 15.5. The topological polar surface area (TPSA) is 87.1 Å². The number of hydrogen-bond donors (Lipinski definition) is 2. The Labute approximate surface area is 185 Å². The van der Waals surface area contributed by atoms with Crippen molar-refractivity contribution in [3.05, 3.63) is 107 Å². The van der Waals surface area contributed by atoms with Gasteiger partial charge in [0.1, 0.15) is 0 Å². The molecule has 160 valence electrons. The number of benzene rings is 3. The summed E-state index contributed by atoms with van der Waals surface area (Å²) in [6, 6.07) is 21.7. The second-order valence-corrected chi connectivity index (χ2v) is 7.22. The molecule has 0 saturated heterocycles. The Balaban J connectivity index is 1.81. The zero-order valence-corrected chi connectivity index (χ0v) is 17.3. The van der Waals surface area contributed by atoms with Gasteiger partial charge in [-0.1, -0.05) is 60.7 Å². The summed E-state index contributed by atoms with van der Waals surface area (Å²) in [6.45, 7) is 0. The van der Waals surface area contributed by atoms with Gasteiger partial charge in [0.05, 0.1) is 18.7 Å². The molecule has 1 aliphatic heterocycles. The van der Waals surface area contributed by atoms with Crippen molar-refractivity contribution in [1.29, 1.82) is 0 Å². The molecule has 3 aromatic carbocycles. The van der Waals surface area contributed by atoms with Gasteiger partial charge in [-0.25, -0.2) is 0 Å². The number of allylic oxidation sites excluding steroid dienone is 1. The van der Waals surface area contributed by atoms with Crippen LogP contribution in [0.4, 0.5) is 5.69 Å². The van der Waals surface area contributed by atoms with E-state index in [0.29, 0.717) is 11.3 Å². The number of rotatable bonds is 6. The molecule has 1 heterocycles. The number of aliphatic hydroxyl groups is 1. The molecule has 0 spiro atoms. The first-order valence-electron chi connectivity index (χ1n) is 9.97. The van der Waals surface area contributed by atoms with Gasteiger partial charge in [-0.3, -0.25) is 14.5 Å². The fourth-order valence-corrected chi connectivity index (χ4v) is 3.72. The minimum Gasteiger partial charge on any atom is -0.504 e. The fourth-order valence-electron chi connectivity index (χ4n) is 3.72. The Bertz CT molecular complexity index is 1220. The lowest BCUT2D eigenvalue weighted by Crippen LogP contribution is -2.30. The molecule has 0 aliphatic carbocycles. The number of amides is 1. The summed E-state index contributed by atoms with van der Waals surface area (Å²) in [4.78, 5) is 27.6. The molecule has 0 saturated carbocycles. The Morgan fingerprint density at radius 1 is 0.969 bits per heavy atom. The van der Waals surface area contributed by atoms with Gasteiger partial charge >= 0.3 is 0 Å². The van der Waals surface area contributed by atoms with E-state index >= 15 is 0 Å². The molecule has 3 aromatic rings. The molecular formula is C26H21NO5. The van der Waals surface area contributed by atoms with Crippen molar-refractivity contribution < 1.29 is 24.5 Å². The fraction of sp³-hybridized carbons (Fsp3) is 0.0769. The minimum absolute atomic E-state index is 0.0428. The summed E-state index contributed by atoms with van der Waals surface area (Å²) in [5.41, 5.74) is 1.81. The summed E-state index contributed by atoms with van der Waals surface area (Å²) in [5, 5.41) is 20.7. The third-order valence-electron chi connectivity index (χ3n) is 5.25. The quantitative estimate of drug-likeness (QED) is 0.562. The van der Waals surface area contributed by atoms with E-state index in [1.54, 1.807) is 42.5 Å². The summed E-state index contributed by atoms with van der Waals surface area (Å²) in [5.74, 6) is -1.65. The van der Waals surface area contributed by atoms with Crippen molar-refractivity contribution in [3.63, 3.8) is 0 Å². The van der Waals surface area contributed by atoms with Gasteiger partial charge in [0.2, 0.25) is 0 Å². The average Bonchev–Trinajstić information content (AvgIpc) is 3.09. The standard InChI is InChI=1S/C26H21NO5/c1-32-22-16-18(13-15-20(22)28)24-23(21(29)14-12-17-8-4-2-5-9-17)25(30)26(31)27(24)19-10-6-3-7-11-19/h2-16,24,28,30H,1H3/b14-12+/t24-/m1/s1. The van der Waals surface area contributed by atoms with E-state index in [-0.39, 0.29) is 17.1 Å². The molecular weight excluding hydrogens is 406 g/mol. The van der Waals surface area contributed by atoms with Crippen LogP contribution in [0.15, 0.2) is 96.3 Å². The molecule has 2 N–H and O–H groups in total. The number of aromatic hydroxyl groups is 1. The van der Waals surface area contributed by atoms with Crippen molar-refractivity contribution in [2.75, 3.05) is 12.0 Å². The molecule has 1 atom stereocenters. The van der Waals surface area contributed by atoms with Crippen molar-refractivity contribution in [1.82, 2.24) is 0 Å². The molecule has 1 amide bonds. The number of carbonyl (C=O) groups excluding carboxylic acids is 2. The first-order valence-corrected chi connectivity index (χ1v) is 9.97. The van der Waals surface area contributed by atoms with E-state index in [4.69, 9.17) is 4.74 Å². The predicted octanol–water partition coefficient (Wildman–Crippen LogP) is 4.58. The summed E-state index contributed by atoms with van der Waals surface area (Å²) in [7, 11) is 1.41. The highest BCUT2D eigenvalue weighted by molar-refractivity contribution is 6.19. The summed E-state index contributed by atoms with van der Waals surface area (Å²) >= 11 is 0. The predicted molar refractivity (Wildman–Crippen MR) is 121 cm³/mol. The molecule has 4 rings (SSSR count). The molecule has 0 aromatic heterocycles. The van der Waals surface area contributed by atoms with Gasteiger partial charge in [0.25, 0.3) is 5.91 Å². The van der Waals surface area contributed by atoms with Crippen LogP contribution in [0, 0.1) is 0 Å². The zero-order valence-electron chi connectivity index (χ0n) is 17.3. The van der Waals surface area contributed by atoms with E-state index in [1.807, 2.05) is 36.4 Å². The maximum absolute atomic E-state index is 13.2. The molecule has 1 aliphatic rings. The number of nitrogens with zero attached hydrogens (tertiary/aromatic N) is 1. The van der Waals surface area contributed by atoms with Crippen LogP contribution >= 0.6 is 0 Å². The summed E-state index contributed by atoms with van der Waals surface area (Å²) in [6.07, 6.45) is 2.97. The summed E-state index contributed by atoms with van der Waals surface area (Å²) < 4.78 is 5.21. The van der Waals surface area contributed by atoms with Crippen LogP contribution in [0.3, 0.4) is 0 Å². The lowest BCUT2D eigenvalue weighted by Gasteiger charge is -2.27. The number of ether oxygens (including phenoxy) is 1. The van der Waals surface area contributed by atoms with Gasteiger partial charge in [-0.15, -0.1) is 0 Å². The minimum atomic E-state index is -0.896. The monoisotopic (exact) mass is 427 g/mol. The van der Waals surface area contributed by atoms with Crippen LogP contribution in [-0.2, 0) is 9.59 Å². The van der Waals surface area contributed by atoms with E-state index in [1.165, 1.54) is 24.2 Å². The number of anilines is 1. The van der Waals surface area contributed by atoms with E-state index in [2.05, 4.69) is 0 Å². The lowest BCUT2D eigenvalue weighted by atomic mass is 9.95. The second kappa shape index (κ2) is 8.81. The number of hydrogen-bond acceptors (Lipinski definition) is 5. The molecule has 0 unspecified atom stereocenters. The Morgan fingerprint density at radius 2 is 1.62 bits per heavy atom. The highest BCUT2D eigenvalue weighted by Gasteiger charge is 2.44. The van der Waals surface area contributed by atoms with Gasteiger partial charge in [0.15, 0.2) is 23.0 Å². The number of phenolic OH excluding ortho intramolecular Hbond substituents is 1. The molecule has 6 nitrogen and oxygen atoms in total. The van der Waals surface area contributed by atoms with Crippen molar-refractivity contribution in [2.24, 2.45) is 0 Å². The zero-order chi connectivity index (χ0) is 22.7. The third kappa shape index (κ3) is 3.86. The van der Waals surface area contributed by atoms with E-state index in [0.717, 1.165) is 5.56 Å². The highest BCUT2D eigenvalue weighted by atomic mass is 16.5. The van der Waals surface area contributed by atoms with Crippen molar-refractivity contribution >= 4 is 23.5 Å². The number of ketones is 1. The highest BCUT2D eigenvalue weighted by Crippen LogP contribution is 2.43.